The molecular formula is C26H35ClN4OS. The third-order valence-corrected chi connectivity index (χ3v) is 7.97. The molecule has 1 saturated carbocycles. The Morgan fingerprint density at radius 3 is 2.64 bits per heavy atom. The number of carbonyl (C=O) groups excluding carboxylic acids is 1. The summed E-state index contributed by atoms with van der Waals surface area (Å²) in [7, 11) is 2.02. The van der Waals surface area contributed by atoms with Crippen molar-refractivity contribution in [3.63, 3.8) is 0 Å². The van der Waals surface area contributed by atoms with Gasteiger partial charge in [-0.2, -0.15) is 0 Å². The van der Waals surface area contributed by atoms with Gasteiger partial charge in [0.2, 0.25) is 0 Å². The largest absolute Gasteiger partial charge is 0.360 e. The van der Waals surface area contributed by atoms with E-state index < -0.39 is 0 Å². The Bertz CT molecular complexity index is 1010. The normalized spacial score (nSPS) is 23.6. The van der Waals surface area contributed by atoms with E-state index >= 15 is 0 Å². The lowest BCUT2D eigenvalue weighted by atomic mass is 9.65. The number of fused-ring (bicyclic) bond motifs is 2. The molecule has 0 spiro atoms. The van der Waals surface area contributed by atoms with Crippen molar-refractivity contribution in [2.45, 2.75) is 70.3 Å². The van der Waals surface area contributed by atoms with E-state index in [4.69, 9.17) is 11.6 Å². The molecule has 2 bridgehead atoms. The van der Waals surface area contributed by atoms with Crippen LogP contribution >= 0.6 is 23.4 Å². The summed E-state index contributed by atoms with van der Waals surface area (Å²) in [6.45, 7) is 11.0. The van der Waals surface area contributed by atoms with Crippen molar-refractivity contribution < 1.29 is 4.79 Å². The summed E-state index contributed by atoms with van der Waals surface area (Å²) >= 11 is 7.79. The van der Waals surface area contributed by atoms with Crippen molar-refractivity contribution in [2.75, 3.05) is 25.0 Å². The van der Waals surface area contributed by atoms with Crippen LogP contribution in [0.1, 0.15) is 69.3 Å². The maximum absolute atomic E-state index is 13.3. The van der Waals surface area contributed by atoms with Crippen molar-refractivity contribution in [1.82, 2.24) is 14.9 Å². The monoisotopic (exact) mass is 486 g/mol. The maximum Gasteiger partial charge on any atom is 0.254 e. The predicted molar refractivity (Wildman–Crippen MR) is 137 cm³/mol. The number of benzene rings is 1. The number of rotatable bonds is 7. The summed E-state index contributed by atoms with van der Waals surface area (Å²) in [6, 6.07) is 10.2. The Morgan fingerprint density at radius 1 is 1.21 bits per heavy atom. The number of anilines is 1. The number of carbonyl (C=O) groups is 1. The molecule has 178 valence electrons. The van der Waals surface area contributed by atoms with E-state index in [0.29, 0.717) is 21.8 Å². The standard InChI is InChI=1S/C26H35ClN4OS/c1-6-11-30(5)22-12-21(27)28-24(29-22)33-15-18-7-9-19(10-8-18)23(32)31-17-26(4)14-20(31)13-25(2,3)16-26/h7-10,12,20H,6,11,13-17H2,1-5H3. The number of halogens is 1. The van der Waals surface area contributed by atoms with E-state index in [9.17, 15) is 4.79 Å². The van der Waals surface area contributed by atoms with Gasteiger partial charge in [-0.25, -0.2) is 9.97 Å². The molecule has 2 atom stereocenters. The highest BCUT2D eigenvalue weighted by atomic mass is 35.5. The first-order valence-corrected chi connectivity index (χ1v) is 13.2. The van der Waals surface area contributed by atoms with E-state index in [0.717, 1.165) is 55.0 Å². The molecule has 2 aromatic rings. The Balaban J connectivity index is 1.40. The molecule has 33 heavy (non-hydrogen) atoms. The number of thioether (sulfide) groups is 1. The molecule has 4 rings (SSSR count). The van der Waals surface area contributed by atoms with E-state index in [1.54, 1.807) is 17.8 Å². The highest BCUT2D eigenvalue weighted by Gasteiger charge is 2.50. The number of hydrogen-bond donors (Lipinski definition) is 0. The van der Waals surface area contributed by atoms with Crippen LogP contribution < -0.4 is 4.90 Å². The van der Waals surface area contributed by atoms with Crippen molar-refractivity contribution in [2.24, 2.45) is 10.8 Å². The fraction of sp³-hybridized carbons (Fsp3) is 0.577. The van der Waals surface area contributed by atoms with Gasteiger partial charge in [0.05, 0.1) is 0 Å². The van der Waals surface area contributed by atoms with Crippen LogP contribution in [0.15, 0.2) is 35.5 Å². The minimum Gasteiger partial charge on any atom is -0.360 e. The molecule has 1 aromatic heterocycles. The van der Waals surface area contributed by atoms with Gasteiger partial charge in [-0.05, 0) is 54.2 Å². The lowest BCUT2D eigenvalue weighted by Gasteiger charge is -2.39. The number of aromatic nitrogens is 2. The van der Waals surface area contributed by atoms with Crippen LogP contribution in [-0.2, 0) is 5.75 Å². The average molecular weight is 487 g/mol. The van der Waals surface area contributed by atoms with Gasteiger partial charge in [0, 0.05) is 43.6 Å². The second-order valence-electron chi connectivity index (χ2n) is 10.9. The molecule has 7 heteroatoms. The molecule has 1 saturated heterocycles. The summed E-state index contributed by atoms with van der Waals surface area (Å²) in [5.41, 5.74) is 2.47. The molecule has 5 nitrogen and oxygen atoms in total. The Hall–Kier alpha value is -1.79. The Kier molecular flexibility index (Phi) is 6.97. The van der Waals surface area contributed by atoms with Gasteiger partial charge in [0.25, 0.3) is 5.91 Å². The highest BCUT2D eigenvalue weighted by molar-refractivity contribution is 7.98. The first-order valence-electron chi connectivity index (χ1n) is 11.9. The molecule has 1 aliphatic carbocycles. The fourth-order valence-electron chi connectivity index (χ4n) is 5.85. The van der Waals surface area contributed by atoms with Crippen molar-refractivity contribution in [1.29, 1.82) is 0 Å². The van der Waals surface area contributed by atoms with Gasteiger partial charge in [-0.3, -0.25) is 4.79 Å². The number of amides is 1. The lowest BCUT2D eigenvalue weighted by molar-refractivity contribution is 0.0708. The van der Waals surface area contributed by atoms with Crippen LogP contribution in [0.25, 0.3) is 0 Å². The highest BCUT2D eigenvalue weighted by Crippen LogP contribution is 2.52. The van der Waals surface area contributed by atoms with Crippen LogP contribution in [0.4, 0.5) is 5.82 Å². The van der Waals surface area contributed by atoms with Gasteiger partial charge >= 0.3 is 0 Å². The van der Waals surface area contributed by atoms with Crippen LogP contribution in [-0.4, -0.2) is 47.0 Å². The average Bonchev–Trinajstić information content (AvgIpc) is 3.00. The maximum atomic E-state index is 13.3. The van der Waals surface area contributed by atoms with Crippen LogP contribution in [0, 0.1) is 10.8 Å². The van der Waals surface area contributed by atoms with Crippen LogP contribution in [0.3, 0.4) is 0 Å². The minimum atomic E-state index is 0.169. The molecule has 2 heterocycles. The summed E-state index contributed by atoms with van der Waals surface area (Å²) in [5.74, 6) is 1.74. The van der Waals surface area contributed by atoms with Crippen LogP contribution in [0.2, 0.25) is 5.15 Å². The molecule has 0 radical (unpaired) electrons. The van der Waals surface area contributed by atoms with Crippen LogP contribution in [0.5, 0.6) is 0 Å². The molecule has 2 unspecified atom stereocenters. The first kappa shape index (κ1) is 24.3. The van der Waals surface area contributed by atoms with Crippen molar-refractivity contribution in [3.05, 3.63) is 46.6 Å². The molecule has 1 amide bonds. The third kappa shape index (κ3) is 5.65. The zero-order valence-electron chi connectivity index (χ0n) is 20.4. The predicted octanol–water partition coefficient (Wildman–Crippen LogP) is 6.31. The molecule has 2 aliphatic rings. The van der Waals surface area contributed by atoms with E-state index in [2.05, 4.69) is 47.5 Å². The zero-order valence-corrected chi connectivity index (χ0v) is 22.0. The lowest BCUT2D eigenvalue weighted by Crippen LogP contribution is -2.37. The van der Waals surface area contributed by atoms with Gasteiger partial charge in [0.1, 0.15) is 11.0 Å². The first-order chi connectivity index (χ1) is 15.6. The van der Waals surface area contributed by atoms with E-state index in [1.807, 2.05) is 31.3 Å². The Labute approximate surface area is 207 Å². The summed E-state index contributed by atoms with van der Waals surface area (Å²) in [5, 5.41) is 1.12. The third-order valence-electron chi connectivity index (χ3n) is 6.86. The second kappa shape index (κ2) is 9.46. The number of hydrogen-bond acceptors (Lipinski definition) is 5. The number of likely N-dealkylation sites (tertiary alicyclic amines) is 1. The van der Waals surface area contributed by atoms with E-state index in [-0.39, 0.29) is 11.3 Å². The smallest absolute Gasteiger partial charge is 0.254 e. The molecule has 2 fully saturated rings. The summed E-state index contributed by atoms with van der Waals surface area (Å²) in [6.07, 6.45) is 4.46. The fourth-order valence-corrected chi connectivity index (χ4v) is 6.89. The number of nitrogens with zero attached hydrogens (tertiary/aromatic N) is 4. The summed E-state index contributed by atoms with van der Waals surface area (Å²) < 4.78 is 0. The second-order valence-corrected chi connectivity index (χ2v) is 12.2. The van der Waals surface area contributed by atoms with Gasteiger partial charge < -0.3 is 9.80 Å². The van der Waals surface area contributed by atoms with Gasteiger partial charge in [-0.15, -0.1) is 0 Å². The zero-order chi connectivity index (χ0) is 23.8. The Morgan fingerprint density at radius 2 is 1.94 bits per heavy atom. The minimum absolute atomic E-state index is 0.169. The van der Waals surface area contributed by atoms with Gasteiger partial charge in [-0.1, -0.05) is 63.2 Å². The molecule has 1 aromatic carbocycles. The quantitative estimate of drug-likeness (QED) is 0.261. The van der Waals surface area contributed by atoms with Gasteiger partial charge in [0.15, 0.2) is 5.16 Å². The topological polar surface area (TPSA) is 49.3 Å². The molecule has 0 N–H and O–H groups in total. The summed E-state index contributed by atoms with van der Waals surface area (Å²) in [4.78, 5) is 26.5. The SMILES string of the molecule is CCCN(C)c1cc(Cl)nc(SCc2ccc(C(=O)N3CC4(C)CC3CC(C)(C)C4)cc2)n1. The van der Waals surface area contributed by atoms with E-state index in [1.165, 1.54) is 6.42 Å². The molecular weight excluding hydrogens is 452 g/mol. The van der Waals surface area contributed by atoms with Crippen molar-refractivity contribution >= 4 is 35.1 Å². The molecule has 1 aliphatic heterocycles. The van der Waals surface area contributed by atoms with Crippen molar-refractivity contribution in [3.8, 4) is 0 Å².